The molecule has 1 saturated heterocycles. The molecule has 0 aromatic carbocycles. The first-order chi connectivity index (χ1) is 14.1. The lowest BCUT2D eigenvalue weighted by Crippen LogP contribution is -2.48. The van der Waals surface area contributed by atoms with Crippen LogP contribution in [0.5, 0.6) is 0 Å². The molecule has 9 heteroatoms. The van der Waals surface area contributed by atoms with Gasteiger partial charge in [-0.15, -0.1) is 0 Å². The Morgan fingerprint density at radius 3 is 3.10 bits per heavy atom. The van der Waals surface area contributed by atoms with Crippen LogP contribution < -0.4 is 10.2 Å². The van der Waals surface area contributed by atoms with Crippen LogP contribution in [0.4, 0.5) is 17.5 Å². The van der Waals surface area contributed by atoms with Crippen molar-refractivity contribution in [2.24, 2.45) is 0 Å². The van der Waals surface area contributed by atoms with Gasteiger partial charge in [0.1, 0.15) is 11.5 Å². The average Bonchev–Trinajstić information content (AvgIpc) is 3.41. The molecule has 0 bridgehead atoms. The maximum absolute atomic E-state index is 12.1. The van der Waals surface area contributed by atoms with Crippen LogP contribution in [-0.4, -0.2) is 61.7 Å². The minimum atomic E-state index is -0.0205. The van der Waals surface area contributed by atoms with E-state index < -0.39 is 0 Å². The van der Waals surface area contributed by atoms with Crippen molar-refractivity contribution in [2.45, 2.75) is 32.4 Å². The van der Waals surface area contributed by atoms with E-state index in [1.165, 1.54) is 6.08 Å². The molecule has 1 unspecified atom stereocenters. The number of aromatic amines is 1. The smallest absolute Gasteiger partial charge is 0.246 e. The molecule has 0 saturated carbocycles. The van der Waals surface area contributed by atoms with Crippen LogP contribution in [0.15, 0.2) is 37.3 Å². The SMILES string of the molecule is C=CC(=O)N1CCCC(N(C)c2nc(Nc3cnn(CC)c3)nc3[nH]ccc23)C1. The Hall–Kier alpha value is -3.36. The highest BCUT2D eigenvalue weighted by Gasteiger charge is 2.27. The predicted molar refractivity (Wildman–Crippen MR) is 113 cm³/mol. The first kappa shape index (κ1) is 19.0. The van der Waals surface area contributed by atoms with Crippen LogP contribution in [-0.2, 0) is 11.3 Å². The van der Waals surface area contributed by atoms with Gasteiger partial charge in [-0.3, -0.25) is 9.48 Å². The highest BCUT2D eigenvalue weighted by atomic mass is 16.2. The number of rotatable bonds is 6. The maximum atomic E-state index is 12.1. The third-order valence-electron chi connectivity index (χ3n) is 5.37. The molecule has 1 fully saturated rings. The molecule has 2 N–H and O–H groups in total. The summed E-state index contributed by atoms with van der Waals surface area (Å²) in [6.45, 7) is 7.88. The molecule has 1 atom stereocenters. The fourth-order valence-electron chi connectivity index (χ4n) is 3.75. The molecule has 0 aliphatic carbocycles. The second-order valence-corrected chi connectivity index (χ2v) is 7.22. The largest absolute Gasteiger partial charge is 0.354 e. The molecule has 4 rings (SSSR count). The van der Waals surface area contributed by atoms with Crippen LogP contribution in [0.3, 0.4) is 0 Å². The van der Waals surface area contributed by atoms with Crippen molar-refractivity contribution in [1.29, 1.82) is 0 Å². The van der Waals surface area contributed by atoms with Crippen LogP contribution in [0.2, 0.25) is 0 Å². The summed E-state index contributed by atoms with van der Waals surface area (Å²) in [6, 6.07) is 2.16. The van der Waals surface area contributed by atoms with E-state index >= 15 is 0 Å². The number of likely N-dealkylation sites (tertiary alicyclic amines) is 1. The third-order valence-corrected chi connectivity index (χ3v) is 5.37. The predicted octanol–water partition coefficient (Wildman–Crippen LogP) is 2.53. The van der Waals surface area contributed by atoms with Gasteiger partial charge in [0.15, 0.2) is 0 Å². The Bertz CT molecular complexity index is 1020. The lowest BCUT2D eigenvalue weighted by molar-refractivity contribution is -0.127. The van der Waals surface area contributed by atoms with Gasteiger partial charge < -0.3 is 20.1 Å². The number of fused-ring (bicyclic) bond motifs is 1. The van der Waals surface area contributed by atoms with Crippen molar-refractivity contribution in [2.75, 3.05) is 30.4 Å². The molecular weight excluding hydrogens is 368 g/mol. The summed E-state index contributed by atoms with van der Waals surface area (Å²) in [4.78, 5) is 28.6. The highest BCUT2D eigenvalue weighted by molar-refractivity contribution is 5.89. The van der Waals surface area contributed by atoms with Gasteiger partial charge in [-0.1, -0.05) is 6.58 Å². The molecule has 1 aliphatic heterocycles. The molecule has 3 aromatic heterocycles. The second kappa shape index (κ2) is 7.94. The Morgan fingerprint density at radius 1 is 1.48 bits per heavy atom. The molecule has 1 amide bonds. The molecule has 4 heterocycles. The van der Waals surface area contributed by atoms with Crippen LogP contribution in [0.1, 0.15) is 19.8 Å². The van der Waals surface area contributed by atoms with Crippen molar-refractivity contribution < 1.29 is 4.79 Å². The fourth-order valence-corrected chi connectivity index (χ4v) is 3.75. The van der Waals surface area contributed by atoms with E-state index in [0.717, 1.165) is 48.5 Å². The van der Waals surface area contributed by atoms with Gasteiger partial charge in [0, 0.05) is 45.1 Å². The zero-order chi connectivity index (χ0) is 20.4. The summed E-state index contributed by atoms with van der Waals surface area (Å²) in [5.41, 5.74) is 1.61. The first-order valence-corrected chi connectivity index (χ1v) is 9.87. The highest BCUT2D eigenvalue weighted by Crippen LogP contribution is 2.28. The van der Waals surface area contributed by atoms with Crippen molar-refractivity contribution in [3.8, 4) is 0 Å². The summed E-state index contributed by atoms with van der Waals surface area (Å²) in [7, 11) is 2.03. The molecule has 29 heavy (non-hydrogen) atoms. The Kier molecular flexibility index (Phi) is 5.20. The van der Waals surface area contributed by atoms with Gasteiger partial charge in [-0.25, -0.2) is 0 Å². The van der Waals surface area contributed by atoms with E-state index in [4.69, 9.17) is 4.98 Å². The van der Waals surface area contributed by atoms with Gasteiger partial charge >= 0.3 is 0 Å². The molecule has 1 aliphatic rings. The Balaban J connectivity index is 1.62. The Morgan fingerprint density at radius 2 is 2.34 bits per heavy atom. The molecule has 9 nitrogen and oxygen atoms in total. The standard InChI is InChI=1S/C20H26N8O/c1-4-17(29)27-10-6-7-15(13-27)26(3)19-16-8-9-21-18(16)24-20(25-19)23-14-11-22-28(5-2)12-14/h4,8-9,11-12,15H,1,5-7,10,13H2,2-3H3,(H2,21,23,24,25). The maximum Gasteiger partial charge on any atom is 0.246 e. The van der Waals surface area contributed by atoms with Gasteiger partial charge in [0.2, 0.25) is 11.9 Å². The van der Waals surface area contributed by atoms with Crippen LogP contribution in [0.25, 0.3) is 11.0 Å². The number of nitrogens with one attached hydrogen (secondary N) is 2. The number of H-pyrrole nitrogens is 1. The number of hydrogen-bond donors (Lipinski definition) is 2. The average molecular weight is 394 g/mol. The number of amides is 1. The van der Waals surface area contributed by atoms with E-state index in [-0.39, 0.29) is 11.9 Å². The van der Waals surface area contributed by atoms with Crippen molar-refractivity contribution in [1.82, 2.24) is 29.6 Å². The molecule has 3 aromatic rings. The molecule has 0 spiro atoms. The number of aromatic nitrogens is 5. The third kappa shape index (κ3) is 3.80. The van der Waals surface area contributed by atoms with Crippen LogP contribution in [0, 0.1) is 0 Å². The summed E-state index contributed by atoms with van der Waals surface area (Å²) < 4.78 is 1.84. The minimum Gasteiger partial charge on any atom is -0.354 e. The lowest BCUT2D eigenvalue weighted by Gasteiger charge is -2.38. The minimum absolute atomic E-state index is 0.0205. The number of carbonyl (C=O) groups excluding carboxylic acids is 1. The number of carbonyl (C=O) groups is 1. The first-order valence-electron chi connectivity index (χ1n) is 9.87. The van der Waals surface area contributed by atoms with E-state index in [9.17, 15) is 4.79 Å². The van der Waals surface area contributed by atoms with Crippen LogP contribution >= 0.6 is 0 Å². The summed E-state index contributed by atoms with van der Waals surface area (Å²) in [5, 5.41) is 8.48. The summed E-state index contributed by atoms with van der Waals surface area (Å²) in [6.07, 6.45) is 8.89. The van der Waals surface area contributed by atoms with E-state index in [0.29, 0.717) is 12.5 Å². The topological polar surface area (TPSA) is 95.0 Å². The second-order valence-electron chi connectivity index (χ2n) is 7.22. The van der Waals surface area contributed by atoms with Gasteiger partial charge in [0.25, 0.3) is 0 Å². The van der Waals surface area contributed by atoms with Gasteiger partial charge in [0.05, 0.1) is 17.3 Å². The number of hydrogen-bond acceptors (Lipinski definition) is 6. The van der Waals surface area contributed by atoms with Gasteiger partial charge in [-0.2, -0.15) is 15.1 Å². The van der Waals surface area contributed by atoms with Crippen molar-refractivity contribution >= 4 is 34.4 Å². The normalized spacial score (nSPS) is 16.8. The summed E-state index contributed by atoms with van der Waals surface area (Å²) in [5.74, 6) is 1.32. The fraction of sp³-hybridized carbons (Fsp3) is 0.400. The number of anilines is 3. The molecule has 0 radical (unpaired) electrons. The van der Waals surface area contributed by atoms with Gasteiger partial charge in [-0.05, 0) is 31.9 Å². The Labute approximate surface area is 169 Å². The molecule has 152 valence electrons. The van der Waals surface area contributed by atoms with E-state index in [1.807, 2.05) is 42.0 Å². The molecular formula is C20H26N8O. The monoisotopic (exact) mass is 394 g/mol. The number of piperidine rings is 1. The van der Waals surface area contributed by atoms with E-state index in [1.54, 1.807) is 6.20 Å². The summed E-state index contributed by atoms with van der Waals surface area (Å²) >= 11 is 0. The number of likely N-dealkylation sites (N-methyl/N-ethyl adjacent to an activating group) is 1. The number of nitrogens with zero attached hydrogens (tertiary/aromatic N) is 6. The van der Waals surface area contributed by atoms with E-state index in [2.05, 4.69) is 31.9 Å². The lowest BCUT2D eigenvalue weighted by atomic mass is 10.0. The zero-order valence-corrected chi connectivity index (χ0v) is 16.8. The zero-order valence-electron chi connectivity index (χ0n) is 16.8. The quantitative estimate of drug-likeness (QED) is 0.624. The number of aryl methyl sites for hydroxylation is 1. The van der Waals surface area contributed by atoms with Crippen molar-refractivity contribution in [3.05, 3.63) is 37.3 Å². The van der Waals surface area contributed by atoms with Crippen molar-refractivity contribution in [3.63, 3.8) is 0 Å².